The van der Waals surface area contributed by atoms with Gasteiger partial charge in [0.05, 0.1) is 0 Å². The maximum absolute atomic E-state index is 10.9. The highest BCUT2D eigenvalue weighted by molar-refractivity contribution is 6.68. The Balaban J connectivity index is 1.71. The number of carbonyl (C=O) groups is 2. The standard InChI is InChI=1S/C20H12Cl2O4/c21-19(23)15-5-9-17(10-6-15)25-13-3-1-2-4-14-26-18-11-7-16(8-12-18)20(22)24/h5-12H,13-14H2. The summed E-state index contributed by atoms with van der Waals surface area (Å²) in [5.41, 5.74) is 0.805. The van der Waals surface area contributed by atoms with Crippen LogP contribution in [0.3, 0.4) is 0 Å². The van der Waals surface area contributed by atoms with Crippen molar-refractivity contribution in [3.8, 4) is 35.2 Å². The molecule has 0 aliphatic rings. The van der Waals surface area contributed by atoms with Gasteiger partial charge in [0.25, 0.3) is 10.5 Å². The van der Waals surface area contributed by atoms with E-state index in [0.717, 1.165) is 0 Å². The summed E-state index contributed by atoms with van der Waals surface area (Å²) in [7, 11) is 0. The summed E-state index contributed by atoms with van der Waals surface area (Å²) < 4.78 is 10.8. The minimum atomic E-state index is -0.516. The van der Waals surface area contributed by atoms with Crippen LogP contribution < -0.4 is 9.47 Å². The Bertz CT molecular complexity index is 818. The summed E-state index contributed by atoms with van der Waals surface area (Å²) in [5.74, 6) is 11.9. The fourth-order valence-corrected chi connectivity index (χ4v) is 2.02. The number of hydrogen-bond acceptors (Lipinski definition) is 4. The number of benzene rings is 2. The van der Waals surface area contributed by atoms with E-state index in [1.807, 2.05) is 0 Å². The molecule has 26 heavy (non-hydrogen) atoms. The minimum absolute atomic E-state index is 0.164. The molecule has 2 rings (SSSR count). The molecule has 0 amide bonds. The molecule has 0 saturated carbocycles. The highest BCUT2D eigenvalue weighted by Crippen LogP contribution is 2.14. The molecular weight excluding hydrogens is 375 g/mol. The van der Waals surface area contributed by atoms with Crippen LogP contribution >= 0.6 is 23.2 Å². The molecule has 2 aromatic rings. The average molecular weight is 387 g/mol. The second kappa shape index (κ2) is 10.2. The van der Waals surface area contributed by atoms with Gasteiger partial charge in [-0.1, -0.05) is 0 Å². The smallest absolute Gasteiger partial charge is 0.252 e. The summed E-state index contributed by atoms with van der Waals surface area (Å²) >= 11 is 10.7. The summed E-state index contributed by atoms with van der Waals surface area (Å²) in [4.78, 5) is 21.9. The number of hydrogen-bond donors (Lipinski definition) is 0. The molecule has 0 saturated heterocycles. The Hall–Kier alpha value is -2.92. The highest BCUT2D eigenvalue weighted by atomic mass is 35.5. The zero-order chi connectivity index (χ0) is 18.8. The molecule has 0 aliphatic carbocycles. The Labute approximate surface area is 161 Å². The van der Waals surface area contributed by atoms with Crippen LogP contribution in [0, 0.1) is 23.7 Å². The van der Waals surface area contributed by atoms with Crippen LogP contribution in [0.15, 0.2) is 48.5 Å². The van der Waals surface area contributed by atoms with Gasteiger partial charge in [-0.15, -0.1) is 0 Å². The normalized spacial score (nSPS) is 9.15. The molecule has 0 bridgehead atoms. The van der Waals surface area contributed by atoms with E-state index in [9.17, 15) is 9.59 Å². The van der Waals surface area contributed by atoms with E-state index >= 15 is 0 Å². The van der Waals surface area contributed by atoms with Crippen molar-refractivity contribution in [2.75, 3.05) is 13.2 Å². The molecule has 0 spiro atoms. The van der Waals surface area contributed by atoms with Crippen LogP contribution in [0.5, 0.6) is 11.5 Å². The van der Waals surface area contributed by atoms with Gasteiger partial charge in [-0.05, 0) is 95.4 Å². The quantitative estimate of drug-likeness (QED) is 0.557. The van der Waals surface area contributed by atoms with Crippen molar-refractivity contribution < 1.29 is 19.1 Å². The predicted molar refractivity (Wildman–Crippen MR) is 99.8 cm³/mol. The Kier molecular flexibility index (Phi) is 7.58. The Morgan fingerprint density at radius 2 is 1.04 bits per heavy atom. The second-order valence-electron chi connectivity index (χ2n) is 4.78. The van der Waals surface area contributed by atoms with Gasteiger partial charge in [0.2, 0.25) is 0 Å². The summed E-state index contributed by atoms with van der Waals surface area (Å²) in [6, 6.07) is 12.9. The van der Waals surface area contributed by atoms with Crippen molar-refractivity contribution in [2.24, 2.45) is 0 Å². The topological polar surface area (TPSA) is 52.6 Å². The van der Waals surface area contributed by atoms with Gasteiger partial charge in [0.15, 0.2) is 0 Å². The van der Waals surface area contributed by atoms with Crippen LogP contribution in [0.25, 0.3) is 0 Å². The van der Waals surface area contributed by atoms with Crippen LogP contribution in [0.1, 0.15) is 20.7 Å². The van der Waals surface area contributed by atoms with E-state index in [1.165, 1.54) is 0 Å². The van der Waals surface area contributed by atoms with E-state index in [2.05, 4.69) is 23.7 Å². The molecule has 0 unspecified atom stereocenters. The molecule has 6 heteroatoms. The van der Waals surface area contributed by atoms with E-state index < -0.39 is 10.5 Å². The van der Waals surface area contributed by atoms with Crippen molar-refractivity contribution in [1.82, 2.24) is 0 Å². The maximum Gasteiger partial charge on any atom is 0.252 e. The van der Waals surface area contributed by atoms with E-state index in [-0.39, 0.29) is 13.2 Å². The fourth-order valence-electron chi connectivity index (χ4n) is 1.76. The van der Waals surface area contributed by atoms with Gasteiger partial charge < -0.3 is 9.47 Å². The molecule has 0 fully saturated rings. The van der Waals surface area contributed by atoms with E-state index in [0.29, 0.717) is 22.6 Å². The van der Waals surface area contributed by atoms with Crippen LogP contribution in [0.2, 0.25) is 0 Å². The maximum atomic E-state index is 10.9. The summed E-state index contributed by atoms with van der Waals surface area (Å²) in [6.45, 7) is 0.329. The predicted octanol–water partition coefficient (Wildman–Crippen LogP) is 3.91. The SMILES string of the molecule is O=C(Cl)c1ccc(OCC#CC#CCOc2ccc(C(=O)Cl)cc2)cc1. The third-order valence-corrected chi connectivity index (χ3v) is 3.46. The van der Waals surface area contributed by atoms with Crippen LogP contribution in [0.4, 0.5) is 0 Å². The monoisotopic (exact) mass is 386 g/mol. The molecule has 0 heterocycles. The average Bonchev–Trinajstić information content (AvgIpc) is 2.64. The molecule has 0 radical (unpaired) electrons. The first-order chi connectivity index (χ1) is 12.6. The lowest BCUT2D eigenvalue weighted by Crippen LogP contribution is -1.95. The Morgan fingerprint density at radius 3 is 1.35 bits per heavy atom. The minimum Gasteiger partial charge on any atom is -0.481 e. The third-order valence-electron chi connectivity index (χ3n) is 3.02. The number of rotatable bonds is 6. The van der Waals surface area contributed by atoms with Crippen molar-refractivity contribution in [3.63, 3.8) is 0 Å². The second-order valence-corrected chi connectivity index (χ2v) is 5.46. The van der Waals surface area contributed by atoms with Crippen molar-refractivity contribution >= 4 is 33.7 Å². The molecule has 4 nitrogen and oxygen atoms in total. The summed E-state index contributed by atoms with van der Waals surface area (Å²) in [5, 5.41) is -1.03. The lowest BCUT2D eigenvalue weighted by atomic mass is 10.2. The van der Waals surface area contributed by atoms with Gasteiger partial charge in [0.1, 0.15) is 24.7 Å². The molecule has 0 N–H and O–H groups in total. The van der Waals surface area contributed by atoms with Crippen molar-refractivity contribution in [1.29, 1.82) is 0 Å². The van der Waals surface area contributed by atoms with Crippen LogP contribution in [-0.4, -0.2) is 23.7 Å². The van der Waals surface area contributed by atoms with Gasteiger partial charge in [-0.3, -0.25) is 9.59 Å². The number of carbonyl (C=O) groups excluding carboxylic acids is 2. The van der Waals surface area contributed by atoms with Gasteiger partial charge in [-0.25, -0.2) is 0 Å². The van der Waals surface area contributed by atoms with E-state index in [1.54, 1.807) is 48.5 Å². The third kappa shape index (κ3) is 6.53. The van der Waals surface area contributed by atoms with E-state index in [4.69, 9.17) is 32.7 Å². The van der Waals surface area contributed by atoms with Crippen molar-refractivity contribution in [2.45, 2.75) is 0 Å². The lowest BCUT2D eigenvalue weighted by molar-refractivity contribution is 0.107. The molecule has 2 aromatic carbocycles. The first kappa shape index (κ1) is 19.4. The van der Waals surface area contributed by atoms with Gasteiger partial charge in [-0.2, -0.15) is 0 Å². The fraction of sp³-hybridized carbons (Fsp3) is 0.100. The molecular formula is C20H12Cl2O4. The number of ether oxygens (including phenoxy) is 2. The first-order valence-electron chi connectivity index (χ1n) is 7.37. The largest absolute Gasteiger partial charge is 0.481 e. The first-order valence-corrected chi connectivity index (χ1v) is 8.13. The molecule has 130 valence electrons. The summed E-state index contributed by atoms with van der Waals surface area (Å²) in [6.07, 6.45) is 0. The molecule has 0 atom stereocenters. The van der Waals surface area contributed by atoms with Crippen molar-refractivity contribution in [3.05, 3.63) is 59.7 Å². The zero-order valence-electron chi connectivity index (χ0n) is 13.4. The zero-order valence-corrected chi connectivity index (χ0v) is 14.9. The molecule has 0 aliphatic heterocycles. The lowest BCUT2D eigenvalue weighted by Gasteiger charge is -2.01. The van der Waals surface area contributed by atoms with Crippen LogP contribution in [-0.2, 0) is 0 Å². The highest BCUT2D eigenvalue weighted by Gasteiger charge is 2.01. The number of halogens is 2. The molecule has 0 aromatic heterocycles. The van der Waals surface area contributed by atoms with Gasteiger partial charge in [0, 0.05) is 11.1 Å². The Morgan fingerprint density at radius 1 is 0.692 bits per heavy atom. The van der Waals surface area contributed by atoms with Gasteiger partial charge >= 0.3 is 0 Å².